The van der Waals surface area contributed by atoms with Crippen LogP contribution in [0.1, 0.15) is 33.1 Å². The first-order valence-corrected chi connectivity index (χ1v) is 5.61. The summed E-state index contributed by atoms with van der Waals surface area (Å²) in [5.74, 6) is 0.213. The van der Waals surface area contributed by atoms with Gasteiger partial charge in [-0.2, -0.15) is 0 Å². The number of carbonyl (C=O) groups excluding carboxylic acids is 1. The zero-order chi connectivity index (χ0) is 11.7. The SMILES string of the molecule is CCC(CCO)CNC(CC)C(=O)OC. The number of hydrogen-bond donors (Lipinski definition) is 2. The fourth-order valence-electron chi connectivity index (χ4n) is 1.48. The van der Waals surface area contributed by atoms with Crippen LogP contribution in [-0.2, 0) is 9.53 Å². The average molecular weight is 217 g/mol. The van der Waals surface area contributed by atoms with Gasteiger partial charge >= 0.3 is 5.97 Å². The molecule has 2 unspecified atom stereocenters. The highest BCUT2D eigenvalue weighted by molar-refractivity contribution is 5.75. The second kappa shape index (κ2) is 8.68. The minimum absolute atomic E-state index is 0.204. The van der Waals surface area contributed by atoms with Gasteiger partial charge in [0.15, 0.2) is 0 Å². The van der Waals surface area contributed by atoms with Gasteiger partial charge in [-0.3, -0.25) is 4.79 Å². The van der Waals surface area contributed by atoms with Gasteiger partial charge in [-0.15, -0.1) is 0 Å². The first-order chi connectivity index (χ1) is 7.19. The molecule has 0 bridgehead atoms. The smallest absolute Gasteiger partial charge is 0.322 e. The number of nitrogens with one attached hydrogen (secondary N) is 1. The van der Waals surface area contributed by atoms with Gasteiger partial charge in [0.1, 0.15) is 6.04 Å². The Balaban J connectivity index is 3.92. The van der Waals surface area contributed by atoms with Crippen molar-refractivity contribution in [3.63, 3.8) is 0 Å². The lowest BCUT2D eigenvalue weighted by Gasteiger charge is -2.19. The maximum atomic E-state index is 11.3. The molecule has 4 heteroatoms. The van der Waals surface area contributed by atoms with Crippen molar-refractivity contribution >= 4 is 5.97 Å². The van der Waals surface area contributed by atoms with Crippen LogP contribution in [-0.4, -0.2) is 37.4 Å². The van der Waals surface area contributed by atoms with E-state index in [0.29, 0.717) is 5.92 Å². The maximum absolute atomic E-state index is 11.3. The topological polar surface area (TPSA) is 58.6 Å². The highest BCUT2D eigenvalue weighted by Crippen LogP contribution is 2.06. The van der Waals surface area contributed by atoms with Crippen LogP contribution in [0.5, 0.6) is 0 Å². The molecule has 0 aromatic carbocycles. The average Bonchev–Trinajstić information content (AvgIpc) is 2.27. The van der Waals surface area contributed by atoms with Crippen molar-refractivity contribution in [1.29, 1.82) is 0 Å². The van der Waals surface area contributed by atoms with Crippen LogP contribution in [0, 0.1) is 5.92 Å². The Hall–Kier alpha value is -0.610. The molecule has 0 rings (SSSR count). The highest BCUT2D eigenvalue weighted by Gasteiger charge is 2.17. The van der Waals surface area contributed by atoms with Crippen LogP contribution >= 0.6 is 0 Å². The van der Waals surface area contributed by atoms with Crippen LogP contribution in [0.15, 0.2) is 0 Å². The summed E-state index contributed by atoms with van der Waals surface area (Å²) in [5.41, 5.74) is 0. The number of hydrogen-bond acceptors (Lipinski definition) is 4. The quantitative estimate of drug-likeness (QED) is 0.594. The van der Waals surface area contributed by atoms with Gasteiger partial charge in [0.25, 0.3) is 0 Å². The molecule has 4 nitrogen and oxygen atoms in total. The van der Waals surface area contributed by atoms with E-state index in [1.807, 2.05) is 6.92 Å². The minimum Gasteiger partial charge on any atom is -0.468 e. The van der Waals surface area contributed by atoms with Crippen molar-refractivity contribution in [3.05, 3.63) is 0 Å². The molecular formula is C11H23NO3. The molecule has 15 heavy (non-hydrogen) atoms. The van der Waals surface area contributed by atoms with E-state index in [-0.39, 0.29) is 18.6 Å². The van der Waals surface area contributed by atoms with Crippen molar-refractivity contribution in [1.82, 2.24) is 5.32 Å². The van der Waals surface area contributed by atoms with E-state index < -0.39 is 0 Å². The Morgan fingerprint density at radius 2 is 2.07 bits per heavy atom. The number of aliphatic hydroxyl groups excluding tert-OH is 1. The predicted octanol–water partition coefficient (Wildman–Crippen LogP) is 0.936. The number of esters is 1. The van der Waals surface area contributed by atoms with Crippen molar-refractivity contribution in [2.24, 2.45) is 5.92 Å². The molecule has 0 aromatic heterocycles. The lowest BCUT2D eigenvalue weighted by atomic mass is 10.0. The first kappa shape index (κ1) is 14.4. The van der Waals surface area contributed by atoms with Crippen LogP contribution in [0.4, 0.5) is 0 Å². The van der Waals surface area contributed by atoms with E-state index in [2.05, 4.69) is 17.0 Å². The van der Waals surface area contributed by atoms with Crippen LogP contribution in [0.3, 0.4) is 0 Å². The Morgan fingerprint density at radius 3 is 2.47 bits per heavy atom. The van der Waals surface area contributed by atoms with E-state index in [9.17, 15) is 4.79 Å². The zero-order valence-electron chi connectivity index (χ0n) is 9.95. The molecule has 0 aromatic rings. The third-order valence-corrected chi connectivity index (χ3v) is 2.66. The minimum atomic E-state index is -0.220. The van der Waals surface area contributed by atoms with E-state index in [1.54, 1.807) is 0 Å². The third-order valence-electron chi connectivity index (χ3n) is 2.66. The van der Waals surface area contributed by atoms with Crippen molar-refractivity contribution in [2.45, 2.75) is 39.2 Å². The van der Waals surface area contributed by atoms with Gasteiger partial charge < -0.3 is 15.2 Å². The fraction of sp³-hybridized carbons (Fsp3) is 0.909. The summed E-state index contributed by atoms with van der Waals surface area (Å²) in [7, 11) is 1.40. The number of aliphatic hydroxyl groups is 1. The van der Waals surface area contributed by atoms with Gasteiger partial charge in [0.05, 0.1) is 7.11 Å². The predicted molar refractivity (Wildman–Crippen MR) is 59.6 cm³/mol. The summed E-state index contributed by atoms with van der Waals surface area (Å²) in [6.45, 7) is 4.99. The molecule has 90 valence electrons. The summed E-state index contributed by atoms with van der Waals surface area (Å²) < 4.78 is 4.68. The molecule has 0 aliphatic rings. The number of methoxy groups -OCH3 is 1. The molecular weight excluding hydrogens is 194 g/mol. The molecule has 0 aliphatic heterocycles. The molecule has 0 spiro atoms. The lowest BCUT2D eigenvalue weighted by Crippen LogP contribution is -2.39. The summed E-state index contributed by atoms with van der Waals surface area (Å²) in [6.07, 6.45) is 2.51. The van der Waals surface area contributed by atoms with Gasteiger partial charge in [0, 0.05) is 6.61 Å². The van der Waals surface area contributed by atoms with E-state index in [0.717, 1.165) is 25.8 Å². The summed E-state index contributed by atoms with van der Waals surface area (Å²) in [4.78, 5) is 11.3. The number of ether oxygens (including phenoxy) is 1. The molecule has 0 aliphatic carbocycles. The maximum Gasteiger partial charge on any atom is 0.322 e. The molecule has 0 amide bonds. The van der Waals surface area contributed by atoms with Crippen LogP contribution in [0.2, 0.25) is 0 Å². The summed E-state index contributed by atoms with van der Waals surface area (Å²) >= 11 is 0. The Labute approximate surface area is 92.0 Å². The van der Waals surface area contributed by atoms with Crippen LogP contribution < -0.4 is 5.32 Å². The van der Waals surface area contributed by atoms with Gasteiger partial charge in [-0.05, 0) is 25.3 Å². The molecule has 0 radical (unpaired) electrons. The number of carbonyl (C=O) groups is 1. The van der Waals surface area contributed by atoms with Gasteiger partial charge in [0.2, 0.25) is 0 Å². The second-order valence-corrected chi connectivity index (χ2v) is 3.68. The fourth-order valence-corrected chi connectivity index (χ4v) is 1.48. The molecule has 2 atom stereocenters. The summed E-state index contributed by atoms with van der Waals surface area (Å²) in [5, 5.41) is 12.0. The van der Waals surface area contributed by atoms with Crippen molar-refractivity contribution < 1.29 is 14.6 Å². The Kier molecular flexibility index (Phi) is 8.33. The molecule has 0 heterocycles. The van der Waals surface area contributed by atoms with E-state index in [1.165, 1.54) is 7.11 Å². The van der Waals surface area contributed by atoms with E-state index in [4.69, 9.17) is 5.11 Å². The van der Waals surface area contributed by atoms with Gasteiger partial charge in [-0.1, -0.05) is 20.3 Å². The Morgan fingerprint density at radius 1 is 1.40 bits per heavy atom. The van der Waals surface area contributed by atoms with Crippen molar-refractivity contribution in [3.8, 4) is 0 Å². The standard InChI is InChI=1S/C11H23NO3/c1-4-9(6-7-13)8-12-10(5-2)11(14)15-3/h9-10,12-13H,4-8H2,1-3H3. The Bertz CT molecular complexity index is 173. The van der Waals surface area contributed by atoms with E-state index >= 15 is 0 Å². The monoisotopic (exact) mass is 217 g/mol. The molecule has 0 fully saturated rings. The highest BCUT2D eigenvalue weighted by atomic mass is 16.5. The third kappa shape index (κ3) is 5.74. The first-order valence-electron chi connectivity index (χ1n) is 5.61. The van der Waals surface area contributed by atoms with Crippen LogP contribution in [0.25, 0.3) is 0 Å². The number of rotatable bonds is 8. The second-order valence-electron chi connectivity index (χ2n) is 3.68. The largest absolute Gasteiger partial charge is 0.468 e. The lowest BCUT2D eigenvalue weighted by molar-refractivity contribution is -0.143. The zero-order valence-corrected chi connectivity index (χ0v) is 9.95. The molecule has 0 saturated carbocycles. The van der Waals surface area contributed by atoms with Crippen molar-refractivity contribution in [2.75, 3.05) is 20.3 Å². The summed E-state index contributed by atoms with van der Waals surface area (Å²) in [6, 6.07) is -0.220. The normalized spacial score (nSPS) is 14.7. The van der Waals surface area contributed by atoms with Gasteiger partial charge in [-0.25, -0.2) is 0 Å². The molecule has 2 N–H and O–H groups in total. The molecule has 0 saturated heterocycles.